The Bertz CT molecular complexity index is 614. The van der Waals surface area contributed by atoms with Gasteiger partial charge >= 0.3 is 0 Å². The fraction of sp³-hybridized carbons (Fsp3) is 0.562. The van der Waals surface area contributed by atoms with Crippen LogP contribution < -0.4 is 5.32 Å². The van der Waals surface area contributed by atoms with Gasteiger partial charge < -0.3 is 5.32 Å². The van der Waals surface area contributed by atoms with Crippen LogP contribution in [-0.4, -0.2) is 44.0 Å². The average molecular weight is 324 g/mol. The van der Waals surface area contributed by atoms with Crippen LogP contribution in [0.15, 0.2) is 24.3 Å². The van der Waals surface area contributed by atoms with Crippen molar-refractivity contribution in [2.45, 2.75) is 32.6 Å². The second kappa shape index (κ2) is 7.74. The molecule has 0 unspecified atom stereocenters. The number of benzene rings is 1. The van der Waals surface area contributed by atoms with Crippen LogP contribution in [0, 0.1) is 6.92 Å². The first-order valence-electron chi connectivity index (χ1n) is 7.78. The van der Waals surface area contributed by atoms with Crippen LogP contribution in [0.3, 0.4) is 0 Å². The highest BCUT2D eigenvalue weighted by atomic mass is 32.2. The van der Waals surface area contributed by atoms with Gasteiger partial charge in [-0.1, -0.05) is 24.3 Å². The minimum absolute atomic E-state index is 0.0299. The Morgan fingerprint density at radius 1 is 1.27 bits per heavy atom. The highest BCUT2D eigenvalue weighted by molar-refractivity contribution is 7.89. The number of hydrogen-bond acceptors (Lipinski definition) is 3. The van der Waals surface area contributed by atoms with Crippen molar-refractivity contribution < 1.29 is 13.2 Å². The molecule has 122 valence electrons. The molecule has 1 aromatic carbocycles. The molecule has 0 aliphatic carbocycles. The van der Waals surface area contributed by atoms with Crippen LogP contribution in [0.1, 0.15) is 30.4 Å². The van der Waals surface area contributed by atoms with E-state index in [1.54, 1.807) is 0 Å². The van der Waals surface area contributed by atoms with E-state index in [-0.39, 0.29) is 11.7 Å². The van der Waals surface area contributed by atoms with E-state index in [0.717, 1.165) is 12.8 Å². The van der Waals surface area contributed by atoms with Crippen LogP contribution >= 0.6 is 0 Å². The van der Waals surface area contributed by atoms with Crippen molar-refractivity contribution in [2.24, 2.45) is 0 Å². The minimum atomic E-state index is -3.10. The lowest BCUT2D eigenvalue weighted by atomic mass is 10.0. The molecule has 6 heteroatoms. The summed E-state index contributed by atoms with van der Waals surface area (Å²) in [7, 11) is -3.10. The van der Waals surface area contributed by atoms with Crippen molar-refractivity contribution in [1.29, 1.82) is 0 Å². The molecule has 1 aliphatic heterocycles. The van der Waals surface area contributed by atoms with E-state index in [1.165, 1.54) is 15.4 Å². The molecule has 0 saturated carbocycles. The molecule has 0 aromatic heterocycles. The molecule has 1 aliphatic rings. The molecule has 1 saturated heterocycles. The number of hydrogen-bond donors (Lipinski definition) is 1. The summed E-state index contributed by atoms with van der Waals surface area (Å²) >= 11 is 0. The largest absolute Gasteiger partial charge is 0.355 e. The maximum Gasteiger partial charge on any atom is 0.220 e. The third-order valence-corrected chi connectivity index (χ3v) is 5.98. The molecule has 1 heterocycles. The number of amides is 1. The van der Waals surface area contributed by atoms with Crippen molar-refractivity contribution in [1.82, 2.24) is 9.62 Å². The van der Waals surface area contributed by atoms with Gasteiger partial charge in [-0.15, -0.1) is 0 Å². The van der Waals surface area contributed by atoms with Crippen molar-refractivity contribution in [3.8, 4) is 0 Å². The predicted molar refractivity (Wildman–Crippen MR) is 87.1 cm³/mol. The summed E-state index contributed by atoms with van der Waals surface area (Å²) in [5.41, 5.74) is 2.37. The van der Waals surface area contributed by atoms with E-state index in [1.807, 2.05) is 31.2 Å². The van der Waals surface area contributed by atoms with Crippen molar-refractivity contribution in [3.63, 3.8) is 0 Å². The summed E-state index contributed by atoms with van der Waals surface area (Å²) in [5.74, 6) is 0.200. The lowest BCUT2D eigenvalue weighted by Gasteiger charge is -2.26. The Balaban J connectivity index is 1.71. The molecule has 1 fully saturated rings. The normalized spacial score (nSPS) is 18.0. The molecule has 0 atom stereocenters. The van der Waals surface area contributed by atoms with Crippen molar-refractivity contribution in [3.05, 3.63) is 35.4 Å². The molecule has 1 N–H and O–H groups in total. The molecular formula is C16H24N2O3S. The van der Waals surface area contributed by atoms with E-state index >= 15 is 0 Å². The maximum atomic E-state index is 11.9. The molecule has 22 heavy (non-hydrogen) atoms. The second-order valence-electron chi connectivity index (χ2n) is 5.70. The molecule has 2 rings (SSSR count). The fourth-order valence-electron chi connectivity index (χ4n) is 2.64. The molecular weight excluding hydrogens is 300 g/mol. The third-order valence-electron chi connectivity index (χ3n) is 4.02. The fourth-order valence-corrected chi connectivity index (χ4v) is 4.24. The highest BCUT2D eigenvalue weighted by Gasteiger charge is 2.25. The van der Waals surface area contributed by atoms with E-state index in [4.69, 9.17) is 0 Å². The van der Waals surface area contributed by atoms with Crippen molar-refractivity contribution >= 4 is 15.9 Å². The summed E-state index contributed by atoms with van der Waals surface area (Å²) in [6.07, 6.45) is 2.78. The van der Waals surface area contributed by atoms with Gasteiger partial charge in [0.15, 0.2) is 0 Å². The summed E-state index contributed by atoms with van der Waals surface area (Å²) in [4.78, 5) is 11.9. The molecule has 0 spiro atoms. The smallest absolute Gasteiger partial charge is 0.220 e. The zero-order valence-electron chi connectivity index (χ0n) is 13.0. The Morgan fingerprint density at radius 2 is 2.05 bits per heavy atom. The lowest BCUT2D eigenvalue weighted by Crippen LogP contribution is -2.42. The molecule has 5 nitrogen and oxygen atoms in total. The van der Waals surface area contributed by atoms with Gasteiger partial charge in [0, 0.05) is 26.1 Å². The van der Waals surface area contributed by atoms with Gasteiger partial charge in [0.1, 0.15) is 0 Å². The van der Waals surface area contributed by atoms with Crippen LogP contribution in [0.5, 0.6) is 0 Å². The van der Waals surface area contributed by atoms with Crippen LogP contribution in [0.2, 0.25) is 0 Å². The minimum Gasteiger partial charge on any atom is -0.355 e. The van der Waals surface area contributed by atoms with E-state index in [9.17, 15) is 13.2 Å². The van der Waals surface area contributed by atoms with Gasteiger partial charge in [-0.05, 0) is 37.3 Å². The molecule has 0 bridgehead atoms. The van der Waals surface area contributed by atoms with Crippen LogP contribution in [0.25, 0.3) is 0 Å². The number of nitrogens with zero attached hydrogens (tertiary/aromatic N) is 1. The SMILES string of the molecule is Cc1ccccc1CCC(=O)NCCN1CCCCS1(=O)=O. The Labute approximate surface area is 132 Å². The van der Waals surface area contributed by atoms with Gasteiger partial charge in [0.2, 0.25) is 15.9 Å². The Hall–Kier alpha value is -1.40. The summed E-state index contributed by atoms with van der Waals surface area (Å²) in [5, 5.41) is 2.81. The zero-order chi connectivity index (χ0) is 16.0. The van der Waals surface area contributed by atoms with Gasteiger partial charge in [-0.2, -0.15) is 0 Å². The number of carbonyl (C=O) groups is 1. The summed E-state index contributed by atoms with van der Waals surface area (Å²) in [6.45, 7) is 3.36. The highest BCUT2D eigenvalue weighted by Crippen LogP contribution is 2.12. The van der Waals surface area contributed by atoms with Gasteiger partial charge in [-0.3, -0.25) is 4.79 Å². The quantitative estimate of drug-likeness (QED) is 0.862. The van der Waals surface area contributed by atoms with E-state index < -0.39 is 10.0 Å². The first-order chi connectivity index (χ1) is 10.5. The molecule has 1 aromatic rings. The third kappa shape index (κ3) is 4.81. The number of rotatable bonds is 6. The maximum absolute atomic E-state index is 11.9. The Kier molecular flexibility index (Phi) is 5.97. The first-order valence-corrected chi connectivity index (χ1v) is 9.39. The van der Waals surface area contributed by atoms with E-state index in [2.05, 4.69) is 5.32 Å². The van der Waals surface area contributed by atoms with Gasteiger partial charge in [0.05, 0.1) is 5.75 Å². The molecule has 1 amide bonds. The molecule has 0 radical (unpaired) electrons. The number of sulfonamides is 1. The van der Waals surface area contributed by atoms with Crippen molar-refractivity contribution in [2.75, 3.05) is 25.4 Å². The standard InChI is InChI=1S/C16H24N2O3S/c1-14-6-2-3-7-15(14)8-9-16(19)17-10-12-18-11-4-5-13-22(18,20)21/h2-3,6-7H,4-5,8-13H2,1H3,(H,17,19). The summed E-state index contributed by atoms with van der Waals surface area (Å²) < 4.78 is 25.1. The number of carbonyl (C=O) groups excluding carboxylic acids is 1. The number of nitrogens with one attached hydrogen (secondary N) is 1. The van der Waals surface area contributed by atoms with Crippen LogP contribution in [-0.2, 0) is 21.2 Å². The van der Waals surface area contributed by atoms with Gasteiger partial charge in [-0.25, -0.2) is 12.7 Å². The predicted octanol–water partition coefficient (Wildman–Crippen LogP) is 1.47. The number of aryl methyl sites for hydroxylation is 2. The Morgan fingerprint density at radius 3 is 2.77 bits per heavy atom. The lowest BCUT2D eigenvalue weighted by molar-refractivity contribution is -0.121. The monoisotopic (exact) mass is 324 g/mol. The first kappa shape index (κ1) is 17.0. The van der Waals surface area contributed by atoms with E-state index in [0.29, 0.717) is 32.5 Å². The van der Waals surface area contributed by atoms with Gasteiger partial charge in [0.25, 0.3) is 0 Å². The van der Waals surface area contributed by atoms with Crippen LogP contribution in [0.4, 0.5) is 0 Å². The average Bonchev–Trinajstić information content (AvgIpc) is 2.48. The summed E-state index contributed by atoms with van der Waals surface area (Å²) in [6, 6.07) is 8.02. The zero-order valence-corrected chi connectivity index (χ0v) is 13.9. The second-order valence-corrected chi connectivity index (χ2v) is 7.79. The topological polar surface area (TPSA) is 66.5 Å².